The number of hydrogen-bond acceptors (Lipinski definition) is 5. The maximum atomic E-state index is 5.57. The summed E-state index contributed by atoms with van der Waals surface area (Å²) in [6.07, 6.45) is 2.28. The highest BCUT2D eigenvalue weighted by Gasteiger charge is 2.10. The second kappa shape index (κ2) is 17.0. The number of guanidine groups is 1. The number of nitrogens with one attached hydrogen (secondary N) is 2. The molecular formula is C21H37IN4O2S. The third kappa shape index (κ3) is 11.3. The molecule has 0 amide bonds. The highest BCUT2D eigenvalue weighted by Crippen LogP contribution is 2.19. The number of rotatable bonds is 12. The lowest BCUT2D eigenvalue weighted by Gasteiger charge is -2.28. The standard InChI is InChI=1S/C21H36N4O2S.HI/c1-3-4-12-26-14-15-27-13-9-23-21(22-2)24-18-19-5-7-20(8-6-19)25-10-16-28-17-11-25;/h5-8H,3-4,9-18H2,1-2H3,(H2,22,23,24);1H. The highest BCUT2D eigenvalue weighted by molar-refractivity contribution is 14.0. The van der Waals surface area contributed by atoms with Crippen molar-refractivity contribution in [2.24, 2.45) is 4.99 Å². The summed E-state index contributed by atoms with van der Waals surface area (Å²) in [7, 11) is 1.79. The van der Waals surface area contributed by atoms with Crippen molar-refractivity contribution >= 4 is 47.4 Å². The Balaban J connectivity index is 0.00000420. The number of benzene rings is 1. The van der Waals surface area contributed by atoms with Gasteiger partial charge in [0.15, 0.2) is 5.96 Å². The predicted octanol–water partition coefficient (Wildman–Crippen LogP) is 3.36. The Morgan fingerprint density at radius 2 is 1.72 bits per heavy atom. The van der Waals surface area contributed by atoms with Crippen LogP contribution in [0, 0.1) is 0 Å². The van der Waals surface area contributed by atoms with E-state index in [1.807, 2.05) is 11.8 Å². The van der Waals surface area contributed by atoms with Crippen molar-refractivity contribution in [3.05, 3.63) is 29.8 Å². The van der Waals surface area contributed by atoms with Gasteiger partial charge >= 0.3 is 0 Å². The molecule has 1 aliphatic heterocycles. The molecule has 6 nitrogen and oxygen atoms in total. The van der Waals surface area contributed by atoms with Crippen molar-refractivity contribution < 1.29 is 9.47 Å². The summed E-state index contributed by atoms with van der Waals surface area (Å²) in [4.78, 5) is 6.73. The van der Waals surface area contributed by atoms with Crippen molar-refractivity contribution in [3.63, 3.8) is 0 Å². The second-order valence-electron chi connectivity index (χ2n) is 6.70. The van der Waals surface area contributed by atoms with Crippen LogP contribution in [0.3, 0.4) is 0 Å². The van der Waals surface area contributed by atoms with Crippen LogP contribution in [0.15, 0.2) is 29.3 Å². The fraction of sp³-hybridized carbons (Fsp3) is 0.667. The van der Waals surface area contributed by atoms with E-state index < -0.39 is 0 Å². The molecule has 2 rings (SSSR count). The third-order valence-corrected chi connectivity index (χ3v) is 5.49. The van der Waals surface area contributed by atoms with E-state index in [9.17, 15) is 0 Å². The van der Waals surface area contributed by atoms with Gasteiger partial charge in [-0.05, 0) is 24.1 Å². The molecule has 0 radical (unpaired) electrons. The molecule has 0 saturated carbocycles. The van der Waals surface area contributed by atoms with E-state index in [1.54, 1.807) is 7.05 Å². The molecule has 0 unspecified atom stereocenters. The van der Waals surface area contributed by atoms with E-state index in [-0.39, 0.29) is 24.0 Å². The van der Waals surface area contributed by atoms with E-state index >= 15 is 0 Å². The number of hydrogen-bond donors (Lipinski definition) is 2. The van der Waals surface area contributed by atoms with Gasteiger partial charge < -0.3 is 25.0 Å². The van der Waals surface area contributed by atoms with Gasteiger partial charge in [0, 0.05) is 57.0 Å². The normalized spacial score (nSPS) is 14.4. The van der Waals surface area contributed by atoms with Gasteiger partial charge in [-0.3, -0.25) is 4.99 Å². The van der Waals surface area contributed by atoms with Crippen LogP contribution in [0.5, 0.6) is 0 Å². The lowest BCUT2D eigenvalue weighted by atomic mass is 10.2. The first-order chi connectivity index (χ1) is 13.8. The minimum absolute atomic E-state index is 0. The number of halogens is 1. The maximum Gasteiger partial charge on any atom is 0.191 e. The molecule has 1 saturated heterocycles. The summed E-state index contributed by atoms with van der Waals surface area (Å²) in [5, 5.41) is 6.63. The lowest BCUT2D eigenvalue weighted by molar-refractivity contribution is 0.0487. The molecule has 1 aromatic rings. The number of ether oxygens (including phenoxy) is 2. The minimum atomic E-state index is 0. The van der Waals surface area contributed by atoms with Crippen molar-refractivity contribution in [1.82, 2.24) is 10.6 Å². The van der Waals surface area contributed by atoms with Crippen LogP contribution in [-0.4, -0.2) is 70.6 Å². The van der Waals surface area contributed by atoms with E-state index in [2.05, 4.69) is 51.7 Å². The Morgan fingerprint density at radius 1 is 1.03 bits per heavy atom. The van der Waals surface area contributed by atoms with Crippen molar-refractivity contribution in [2.45, 2.75) is 26.3 Å². The van der Waals surface area contributed by atoms with E-state index in [1.165, 1.54) is 29.2 Å². The first-order valence-electron chi connectivity index (χ1n) is 10.3. The molecule has 1 aliphatic rings. The van der Waals surface area contributed by atoms with E-state index in [4.69, 9.17) is 9.47 Å². The number of thioether (sulfide) groups is 1. The van der Waals surface area contributed by atoms with E-state index in [0.29, 0.717) is 19.8 Å². The van der Waals surface area contributed by atoms with Gasteiger partial charge in [0.05, 0.1) is 19.8 Å². The van der Waals surface area contributed by atoms with Crippen molar-refractivity contribution in [2.75, 3.05) is 69.5 Å². The summed E-state index contributed by atoms with van der Waals surface area (Å²) in [5.41, 5.74) is 2.57. The molecule has 166 valence electrons. The van der Waals surface area contributed by atoms with Gasteiger partial charge in [-0.15, -0.1) is 24.0 Å². The Morgan fingerprint density at radius 3 is 2.38 bits per heavy atom. The zero-order chi connectivity index (χ0) is 19.9. The Bertz CT molecular complexity index is 554. The van der Waals surface area contributed by atoms with Gasteiger partial charge in [-0.2, -0.15) is 11.8 Å². The van der Waals surface area contributed by atoms with Crippen molar-refractivity contribution in [3.8, 4) is 0 Å². The summed E-state index contributed by atoms with van der Waals surface area (Å²) < 4.78 is 11.0. The number of aliphatic imine (C=N–C) groups is 1. The number of nitrogens with zero attached hydrogens (tertiary/aromatic N) is 2. The molecular weight excluding hydrogens is 499 g/mol. The van der Waals surface area contributed by atoms with Gasteiger partial charge in [0.25, 0.3) is 0 Å². The molecule has 0 aromatic heterocycles. The molecule has 0 bridgehead atoms. The van der Waals surface area contributed by atoms with Crippen LogP contribution in [0.4, 0.5) is 5.69 Å². The SMILES string of the molecule is CCCCOCCOCCNC(=NC)NCc1ccc(N2CCSCC2)cc1.I. The first kappa shape index (κ1) is 26.3. The van der Waals surface area contributed by atoms with Gasteiger partial charge in [0.2, 0.25) is 0 Å². The lowest BCUT2D eigenvalue weighted by Crippen LogP contribution is -2.38. The summed E-state index contributed by atoms with van der Waals surface area (Å²) in [5.74, 6) is 3.24. The summed E-state index contributed by atoms with van der Waals surface area (Å²) >= 11 is 2.04. The number of anilines is 1. The smallest absolute Gasteiger partial charge is 0.191 e. The molecule has 1 aromatic carbocycles. The van der Waals surface area contributed by atoms with Gasteiger partial charge in [-0.1, -0.05) is 25.5 Å². The van der Waals surface area contributed by atoms with Crippen LogP contribution >= 0.6 is 35.7 Å². The average molecular weight is 537 g/mol. The largest absolute Gasteiger partial charge is 0.379 e. The molecule has 2 N–H and O–H groups in total. The molecule has 0 spiro atoms. The van der Waals surface area contributed by atoms with Crippen LogP contribution in [-0.2, 0) is 16.0 Å². The predicted molar refractivity (Wildman–Crippen MR) is 136 cm³/mol. The molecule has 0 atom stereocenters. The van der Waals surface area contributed by atoms with Crippen molar-refractivity contribution in [1.29, 1.82) is 0 Å². The molecule has 1 fully saturated rings. The molecule has 1 heterocycles. The third-order valence-electron chi connectivity index (χ3n) is 4.55. The average Bonchev–Trinajstić information content (AvgIpc) is 2.75. The Hall–Kier alpha value is -0.710. The molecule has 8 heteroatoms. The van der Waals surface area contributed by atoms with Gasteiger partial charge in [-0.25, -0.2) is 0 Å². The zero-order valence-corrected chi connectivity index (χ0v) is 21.0. The highest BCUT2D eigenvalue weighted by atomic mass is 127. The topological polar surface area (TPSA) is 58.1 Å². The Kier molecular flexibility index (Phi) is 15.5. The number of unbranched alkanes of at least 4 members (excludes halogenated alkanes) is 1. The fourth-order valence-electron chi connectivity index (χ4n) is 2.86. The van der Waals surface area contributed by atoms with Crippen LogP contribution < -0.4 is 15.5 Å². The second-order valence-corrected chi connectivity index (χ2v) is 7.92. The van der Waals surface area contributed by atoms with Crippen LogP contribution in [0.1, 0.15) is 25.3 Å². The molecule has 0 aliphatic carbocycles. The summed E-state index contributed by atoms with van der Waals surface area (Å²) in [6.45, 7) is 8.70. The fourth-order valence-corrected chi connectivity index (χ4v) is 3.77. The monoisotopic (exact) mass is 536 g/mol. The molecule has 29 heavy (non-hydrogen) atoms. The van der Waals surface area contributed by atoms with Crippen LogP contribution in [0.2, 0.25) is 0 Å². The quantitative estimate of drug-likeness (QED) is 0.185. The Labute approximate surface area is 197 Å². The summed E-state index contributed by atoms with van der Waals surface area (Å²) in [6, 6.07) is 8.83. The van der Waals surface area contributed by atoms with E-state index in [0.717, 1.165) is 45.2 Å². The maximum absolute atomic E-state index is 5.57. The van der Waals surface area contributed by atoms with Crippen LogP contribution in [0.25, 0.3) is 0 Å². The zero-order valence-electron chi connectivity index (χ0n) is 17.8. The van der Waals surface area contributed by atoms with Gasteiger partial charge in [0.1, 0.15) is 0 Å². The first-order valence-corrected chi connectivity index (χ1v) is 11.5. The minimum Gasteiger partial charge on any atom is -0.379 e.